The molecule has 0 aliphatic carbocycles. The maximum Gasteiger partial charge on any atom is 0.237 e. The minimum absolute atomic E-state index is 0.638. The van der Waals surface area contributed by atoms with E-state index in [0.717, 1.165) is 11.5 Å². The molecule has 0 aliphatic rings. The van der Waals surface area contributed by atoms with Crippen LogP contribution < -0.4 is 4.52 Å². The minimum atomic E-state index is -0.981. The van der Waals surface area contributed by atoms with Gasteiger partial charge in [0.1, 0.15) is 11.5 Å². The van der Waals surface area contributed by atoms with E-state index in [1.54, 1.807) is 6.26 Å². The monoisotopic (exact) mass is 250 g/mol. The van der Waals surface area contributed by atoms with Crippen LogP contribution in [0.3, 0.4) is 0 Å². The molecular formula is C13H15O3P. The van der Waals surface area contributed by atoms with Crippen molar-refractivity contribution in [3.63, 3.8) is 0 Å². The van der Waals surface area contributed by atoms with Gasteiger partial charge in [-0.05, 0) is 31.2 Å². The summed E-state index contributed by atoms with van der Waals surface area (Å²) >= 11 is 0. The van der Waals surface area contributed by atoms with Gasteiger partial charge in [-0.25, -0.2) is 0 Å². The van der Waals surface area contributed by atoms with Crippen LogP contribution >= 0.6 is 8.38 Å². The second kappa shape index (κ2) is 6.43. The normalized spacial score (nSPS) is 12.3. The Labute approximate surface area is 102 Å². The molecule has 1 atom stereocenters. The lowest BCUT2D eigenvalue weighted by Gasteiger charge is -2.16. The first kappa shape index (κ1) is 12.2. The van der Waals surface area contributed by atoms with Crippen LogP contribution in [0.5, 0.6) is 5.75 Å². The van der Waals surface area contributed by atoms with Gasteiger partial charge in [-0.1, -0.05) is 18.2 Å². The van der Waals surface area contributed by atoms with Crippen molar-refractivity contribution in [2.45, 2.75) is 13.1 Å². The first-order valence-electron chi connectivity index (χ1n) is 5.54. The first-order chi connectivity index (χ1) is 8.38. The first-order valence-corrected chi connectivity index (χ1v) is 6.90. The molecule has 0 bridgehead atoms. The van der Waals surface area contributed by atoms with Gasteiger partial charge in [0.15, 0.2) is 0 Å². The molecule has 0 saturated heterocycles. The Bertz CT molecular complexity index is 413. The summed E-state index contributed by atoms with van der Waals surface area (Å²) in [5.41, 5.74) is 0. The van der Waals surface area contributed by atoms with Crippen LogP contribution in [0, 0.1) is 0 Å². The Hall–Kier alpha value is -1.31. The standard InChI is InChI=1S/C13H15O3P/c1-2-15-17(11-13-9-6-10-14-13)16-12-7-4-3-5-8-12/h3-10H,2,11H2,1H3. The van der Waals surface area contributed by atoms with Crippen LogP contribution in [0.25, 0.3) is 0 Å². The molecule has 1 unspecified atom stereocenters. The lowest BCUT2D eigenvalue weighted by Crippen LogP contribution is -1.95. The Balaban J connectivity index is 1.97. The van der Waals surface area contributed by atoms with Crippen molar-refractivity contribution in [3.8, 4) is 5.75 Å². The fraction of sp³-hybridized carbons (Fsp3) is 0.231. The van der Waals surface area contributed by atoms with E-state index in [4.69, 9.17) is 13.5 Å². The maximum atomic E-state index is 5.81. The van der Waals surface area contributed by atoms with Gasteiger partial charge in [-0.15, -0.1) is 0 Å². The van der Waals surface area contributed by atoms with Crippen molar-refractivity contribution in [2.24, 2.45) is 0 Å². The Kier molecular flexibility index (Phi) is 4.60. The van der Waals surface area contributed by atoms with E-state index in [1.807, 2.05) is 49.4 Å². The number of para-hydroxylation sites is 1. The van der Waals surface area contributed by atoms with Gasteiger partial charge in [-0.2, -0.15) is 0 Å². The average molecular weight is 250 g/mol. The van der Waals surface area contributed by atoms with Crippen molar-refractivity contribution in [1.82, 2.24) is 0 Å². The number of rotatable bonds is 6. The topological polar surface area (TPSA) is 31.6 Å². The van der Waals surface area contributed by atoms with Gasteiger partial charge in [0.05, 0.1) is 19.0 Å². The molecule has 0 fully saturated rings. The highest BCUT2D eigenvalue weighted by molar-refractivity contribution is 7.46. The summed E-state index contributed by atoms with van der Waals surface area (Å²) in [5, 5.41) is 0. The third-order valence-electron chi connectivity index (χ3n) is 2.09. The predicted molar refractivity (Wildman–Crippen MR) is 68.0 cm³/mol. The summed E-state index contributed by atoms with van der Waals surface area (Å²) in [5.74, 6) is 1.72. The van der Waals surface area contributed by atoms with E-state index < -0.39 is 8.38 Å². The summed E-state index contributed by atoms with van der Waals surface area (Å²) in [4.78, 5) is 0. The molecule has 90 valence electrons. The molecule has 17 heavy (non-hydrogen) atoms. The van der Waals surface area contributed by atoms with Gasteiger partial charge in [0.25, 0.3) is 0 Å². The smallest absolute Gasteiger partial charge is 0.237 e. The Morgan fingerprint density at radius 2 is 1.94 bits per heavy atom. The molecule has 1 heterocycles. The molecule has 0 saturated carbocycles. The zero-order valence-corrected chi connectivity index (χ0v) is 10.6. The number of hydrogen-bond donors (Lipinski definition) is 0. The molecule has 3 nitrogen and oxygen atoms in total. The average Bonchev–Trinajstić information content (AvgIpc) is 2.83. The van der Waals surface area contributed by atoms with E-state index in [9.17, 15) is 0 Å². The van der Waals surface area contributed by atoms with Gasteiger partial charge >= 0.3 is 0 Å². The van der Waals surface area contributed by atoms with Gasteiger partial charge < -0.3 is 13.5 Å². The molecule has 0 amide bonds. The Morgan fingerprint density at radius 1 is 1.12 bits per heavy atom. The van der Waals surface area contributed by atoms with Crippen molar-refractivity contribution in [3.05, 3.63) is 54.5 Å². The summed E-state index contributed by atoms with van der Waals surface area (Å²) in [7, 11) is -0.981. The van der Waals surface area contributed by atoms with E-state index in [2.05, 4.69) is 0 Å². The van der Waals surface area contributed by atoms with Gasteiger partial charge in [-0.3, -0.25) is 0 Å². The molecular weight excluding hydrogens is 235 g/mol. The SMILES string of the molecule is CCOP(Cc1ccco1)Oc1ccccc1. The van der Waals surface area contributed by atoms with Crippen LogP contribution in [0.4, 0.5) is 0 Å². The fourth-order valence-electron chi connectivity index (χ4n) is 1.38. The second-order valence-corrected chi connectivity index (χ2v) is 4.81. The van der Waals surface area contributed by atoms with Crippen molar-refractivity contribution in [1.29, 1.82) is 0 Å². The lowest BCUT2D eigenvalue weighted by atomic mass is 10.3. The molecule has 0 N–H and O–H groups in total. The lowest BCUT2D eigenvalue weighted by molar-refractivity contribution is 0.330. The highest BCUT2D eigenvalue weighted by Gasteiger charge is 2.14. The van der Waals surface area contributed by atoms with Crippen LogP contribution in [-0.2, 0) is 10.7 Å². The molecule has 0 aliphatic heterocycles. The molecule has 0 radical (unpaired) electrons. The molecule has 2 aromatic rings. The van der Waals surface area contributed by atoms with Crippen LogP contribution in [0.1, 0.15) is 12.7 Å². The van der Waals surface area contributed by atoms with Crippen LogP contribution in [-0.4, -0.2) is 6.61 Å². The third kappa shape index (κ3) is 3.88. The maximum absolute atomic E-state index is 5.81. The summed E-state index contributed by atoms with van der Waals surface area (Å²) in [6.07, 6.45) is 2.34. The van der Waals surface area contributed by atoms with Crippen LogP contribution in [0.2, 0.25) is 0 Å². The highest BCUT2D eigenvalue weighted by Crippen LogP contribution is 2.42. The van der Waals surface area contributed by atoms with Crippen molar-refractivity contribution < 1.29 is 13.5 Å². The second-order valence-electron chi connectivity index (χ2n) is 3.39. The predicted octanol–water partition coefficient (Wildman–Crippen LogP) is 4.21. The fourth-order valence-corrected chi connectivity index (χ4v) is 2.66. The molecule has 1 aromatic carbocycles. The van der Waals surface area contributed by atoms with E-state index in [0.29, 0.717) is 12.8 Å². The Morgan fingerprint density at radius 3 is 2.59 bits per heavy atom. The highest BCUT2D eigenvalue weighted by atomic mass is 31.2. The van der Waals surface area contributed by atoms with Crippen LogP contribution in [0.15, 0.2) is 53.1 Å². The number of furan rings is 1. The van der Waals surface area contributed by atoms with E-state index >= 15 is 0 Å². The van der Waals surface area contributed by atoms with Crippen molar-refractivity contribution >= 4 is 8.38 Å². The molecule has 1 aromatic heterocycles. The van der Waals surface area contributed by atoms with E-state index in [1.165, 1.54) is 0 Å². The van der Waals surface area contributed by atoms with E-state index in [-0.39, 0.29) is 0 Å². The van der Waals surface area contributed by atoms with Crippen molar-refractivity contribution in [2.75, 3.05) is 6.61 Å². The quantitative estimate of drug-likeness (QED) is 0.720. The summed E-state index contributed by atoms with van der Waals surface area (Å²) in [6.45, 7) is 2.60. The largest absolute Gasteiger partial charge is 0.469 e. The van der Waals surface area contributed by atoms with Gasteiger partial charge in [0, 0.05) is 0 Å². The molecule has 0 spiro atoms. The van der Waals surface area contributed by atoms with Gasteiger partial charge in [0.2, 0.25) is 8.38 Å². The molecule has 4 heteroatoms. The minimum Gasteiger partial charge on any atom is -0.469 e. The molecule has 2 rings (SSSR count). The zero-order valence-electron chi connectivity index (χ0n) is 9.70. The third-order valence-corrected chi connectivity index (χ3v) is 3.62. The summed E-state index contributed by atoms with van der Waals surface area (Å²) < 4.78 is 16.7. The summed E-state index contributed by atoms with van der Waals surface area (Å²) in [6, 6.07) is 13.5. The zero-order chi connectivity index (χ0) is 11.9. The number of hydrogen-bond acceptors (Lipinski definition) is 3. The number of benzene rings is 1.